The Morgan fingerprint density at radius 3 is 1.47 bits per heavy atom. The number of alkyl halides is 4. The second-order valence-electron chi connectivity index (χ2n) is 7.01. The van der Waals surface area contributed by atoms with Gasteiger partial charge in [0.15, 0.2) is 0 Å². The summed E-state index contributed by atoms with van der Waals surface area (Å²) in [4.78, 5) is 0. The highest BCUT2D eigenvalue weighted by Gasteiger charge is 2.38. The molecular weight excluding hydrogens is 449 g/mol. The van der Waals surface area contributed by atoms with E-state index in [-0.39, 0.29) is 0 Å². The summed E-state index contributed by atoms with van der Waals surface area (Å²) in [7, 11) is 0. The first-order valence-electron chi connectivity index (χ1n) is 9.48. The number of hydrogen-bond acceptors (Lipinski definition) is 0. The normalized spacial score (nSPS) is 12.0. The van der Waals surface area contributed by atoms with E-state index in [1.807, 2.05) is 91.0 Å². The van der Waals surface area contributed by atoms with Gasteiger partial charge in [-0.15, -0.1) is 0 Å². The van der Waals surface area contributed by atoms with E-state index in [2.05, 4.69) is 15.9 Å². The monoisotopic (exact) mass is 466 g/mol. The fraction of sp³-hybridized carbons (Fsp3) is 0.0769. The van der Waals surface area contributed by atoms with Crippen LogP contribution in [0.25, 0.3) is 11.1 Å². The first-order valence-corrected chi connectivity index (χ1v) is 10.3. The van der Waals surface area contributed by atoms with Gasteiger partial charge in [0.1, 0.15) is 4.32 Å². The van der Waals surface area contributed by atoms with Crippen LogP contribution >= 0.6 is 15.9 Å². The molecule has 0 amide bonds. The summed E-state index contributed by atoms with van der Waals surface area (Å²) >= 11 is 3.95. The van der Waals surface area contributed by atoms with E-state index in [0.717, 1.165) is 28.3 Å². The molecule has 0 spiro atoms. The van der Waals surface area contributed by atoms with Crippen molar-refractivity contribution in [2.75, 3.05) is 0 Å². The lowest BCUT2D eigenvalue weighted by atomic mass is 9.80. The summed E-state index contributed by atoms with van der Waals surface area (Å²) in [6, 6.07) is 32.7. The molecule has 0 bridgehead atoms. The highest BCUT2D eigenvalue weighted by atomic mass is 79.9. The summed E-state index contributed by atoms with van der Waals surface area (Å²) in [6.07, 6.45) is -4.42. The van der Waals surface area contributed by atoms with E-state index < -0.39 is 16.1 Å². The van der Waals surface area contributed by atoms with Crippen LogP contribution in [0, 0.1) is 0 Å². The van der Waals surface area contributed by atoms with Gasteiger partial charge in [-0.25, -0.2) is 0 Å². The van der Waals surface area contributed by atoms with Crippen LogP contribution in [-0.4, -0.2) is 0 Å². The lowest BCUT2D eigenvalue weighted by molar-refractivity contribution is -0.137. The number of rotatable bonds is 4. The standard InChI is InChI=1S/C26H18BrF3/c27-25(20-12-6-2-7-13-20,21-14-8-3-9-15-21)24-17-16-22(26(28,29)30)18-23(24)19-10-4-1-5-11-19/h1-18H. The van der Waals surface area contributed by atoms with Gasteiger partial charge in [-0.1, -0.05) is 113 Å². The van der Waals surface area contributed by atoms with Gasteiger partial charge in [0, 0.05) is 0 Å². The van der Waals surface area contributed by atoms with Crippen LogP contribution in [-0.2, 0) is 10.5 Å². The third-order valence-electron chi connectivity index (χ3n) is 5.15. The van der Waals surface area contributed by atoms with Gasteiger partial charge in [0.2, 0.25) is 0 Å². The van der Waals surface area contributed by atoms with Gasteiger partial charge >= 0.3 is 6.18 Å². The van der Waals surface area contributed by atoms with Crippen LogP contribution in [0.15, 0.2) is 109 Å². The molecular formula is C26H18BrF3. The Morgan fingerprint density at radius 2 is 1.00 bits per heavy atom. The molecule has 4 rings (SSSR count). The molecule has 0 N–H and O–H groups in total. The predicted octanol–water partition coefficient (Wildman–Crippen LogP) is 8.06. The molecule has 4 aromatic carbocycles. The first-order chi connectivity index (χ1) is 14.4. The molecule has 0 saturated carbocycles. The van der Waals surface area contributed by atoms with Crippen molar-refractivity contribution in [3.63, 3.8) is 0 Å². The van der Waals surface area contributed by atoms with Crippen molar-refractivity contribution < 1.29 is 13.2 Å². The molecule has 0 radical (unpaired) electrons. The van der Waals surface area contributed by atoms with Gasteiger partial charge in [-0.05, 0) is 39.9 Å². The maximum absolute atomic E-state index is 13.5. The predicted molar refractivity (Wildman–Crippen MR) is 119 cm³/mol. The molecule has 4 heteroatoms. The quantitative estimate of drug-likeness (QED) is 0.210. The minimum Gasteiger partial charge on any atom is -0.166 e. The highest BCUT2D eigenvalue weighted by molar-refractivity contribution is 9.10. The van der Waals surface area contributed by atoms with Crippen molar-refractivity contribution in [2.45, 2.75) is 10.5 Å². The van der Waals surface area contributed by atoms with Crippen molar-refractivity contribution in [1.82, 2.24) is 0 Å². The molecule has 0 aliphatic rings. The molecule has 30 heavy (non-hydrogen) atoms. The zero-order valence-corrected chi connectivity index (χ0v) is 17.5. The lowest BCUT2D eigenvalue weighted by Gasteiger charge is -2.32. The fourth-order valence-corrected chi connectivity index (χ4v) is 4.57. The number of halogens is 4. The maximum atomic E-state index is 13.5. The molecule has 0 heterocycles. The second kappa shape index (κ2) is 8.11. The molecule has 0 nitrogen and oxygen atoms in total. The molecule has 0 aliphatic heterocycles. The average molecular weight is 467 g/mol. The largest absolute Gasteiger partial charge is 0.416 e. The van der Waals surface area contributed by atoms with Crippen LogP contribution in [0.3, 0.4) is 0 Å². The molecule has 0 aromatic heterocycles. The molecule has 150 valence electrons. The van der Waals surface area contributed by atoms with Gasteiger partial charge in [0.05, 0.1) is 5.56 Å². The van der Waals surface area contributed by atoms with Crippen molar-refractivity contribution >= 4 is 15.9 Å². The van der Waals surface area contributed by atoms with Crippen LogP contribution < -0.4 is 0 Å². The summed E-state index contributed by atoms with van der Waals surface area (Å²) in [5.41, 5.74) is 3.23. The Morgan fingerprint density at radius 1 is 0.533 bits per heavy atom. The van der Waals surface area contributed by atoms with Gasteiger partial charge in [-0.3, -0.25) is 0 Å². The minimum absolute atomic E-state index is 0.537. The van der Waals surface area contributed by atoms with E-state index in [0.29, 0.717) is 5.56 Å². The van der Waals surface area contributed by atoms with Gasteiger partial charge in [-0.2, -0.15) is 13.2 Å². The lowest BCUT2D eigenvalue weighted by Crippen LogP contribution is -2.23. The topological polar surface area (TPSA) is 0 Å². The van der Waals surface area contributed by atoms with Crippen LogP contribution in [0.4, 0.5) is 13.2 Å². The molecule has 4 aromatic rings. The van der Waals surface area contributed by atoms with E-state index in [9.17, 15) is 13.2 Å². The Bertz CT molecular complexity index is 1080. The third kappa shape index (κ3) is 3.80. The smallest absolute Gasteiger partial charge is 0.166 e. The molecule has 0 saturated heterocycles. The Balaban J connectivity index is 2.05. The Hall–Kier alpha value is -2.85. The molecule has 0 aliphatic carbocycles. The summed E-state index contributed by atoms with van der Waals surface area (Å²) < 4.78 is 39.8. The average Bonchev–Trinajstić information content (AvgIpc) is 2.79. The van der Waals surface area contributed by atoms with Crippen LogP contribution in [0.1, 0.15) is 22.3 Å². The Kier molecular flexibility index (Phi) is 5.52. The van der Waals surface area contributed by atoms with Gasteiger partial charge < -0.3 is 0 Å². The van der Waals surface area contributed by atoms with Gasteiger partial charge in [0.25, 0.3) is 0 Å². The van der Waals surface area contributed by atoms with Crippen molar-refractivity contribution in [3.05, 3.63) is 131 Å². The SMILES string of the molecule is FC(F)(F)c1ccc(C(Br)(c2ccccc2)c2ccccc2)c(-c2ccccc2)c1. The number of benzene rings is 4. The van der Waals surface area contributed by atoms with Crippen LogP contribution in [0.2, 0.25) is 0 Å². The highest BCUT2D eigenvalue weighted by Crippen LogP contribution is 2.49. The first kappa shape index (κ1) is 20.4. The van der Waals surface area contributed by atoms with Crippen molar-refractivity contribution in [3.8, 4) is 11.1 Å². The van der Waals surface area contributed by atoms with Crippen molar-refractivity contribution in [1.29, 1.82) is 0 Å². The second-order valence-corrected chi connectivity index (χ2v) is 8.20. The summed E-state index contributed by atoms with van der Waals surface area (Å²) in [5, 5.41) is 0. The summed E-state index contributed by atoms with van der Waals surface area (Å²) in [6.45, 7) is 0. The molecule has 0 atom stereocenters. The Labute approximate surface area is 182 Å². The van der Waals surface area contributed by atoms with E-state index in [4.69, 9.17) is 0 Å². The van der Waals surface area contributed by atoms with E-state index in [1.165, 1.54) is 6.07 Å². The van der Waals surface area contributed by atoms with Crippen molar-refractivity contribution in [2.24, 2.45) is 0 Å². The zero-order chi connectivity index (χ0) is 21.2. The third-order valence-corrected chi connectivity index (χ3v) is 6.49. The molecule has 0 unspecified atom stereocenters. The van der Waals surface area contributed by atoms with E-state index in [1.54, 1.807) is 6.07 Å². The van der Waals surface area contributed by atoms with E-state index >= 15 is 0 Å². The maximum Gasteiger partial charge on any atom is 0.416 e. The zero-order valence-electron chi connectivity index (χ0n) is 15.9. The molecule has 0 fully saturated rings. The minimum atomic E-state index is -4.42. The fourth-order valence-electron chi connectivity index (χ4n) is 3.69. The summed E-state index contributed by atoms with van der Waals surface area (Å²) in [5.74, 6) is 0. The number of hydrogen-bond donors (Lipinski definition) is 0. The van der Waals surface area contributed by atoms with Crippen LogP contribution in [0.5, 0.6) is 0 Å².